The van der Waals surface area contributed by atoms with Crippen molar-refractivity contribution in [3.8, 4) is 0 Å². The average molecular weight is 380 g/mol. The average Bonchev–Trinajstić information content (AvgIpc) is 3.30. The van der Waals surface area contributed by atoms with Crippen LogP contribution in [0.3, 0.4) is 0 Å². The number of nitrogens with two attached hydrogens (primary N) is 1. The van der Waals surface area contributed by atoms with Crippen LogP contribution in [0.1, 0.15) is 31.2 Å². The lowest BCUT2D eigenvalue weighted by Gasteiger charge is -2.25. The number of furan rings is 1. The summed E-state index contributed by atoms with van der Waals surface area (Å²) in [5.41, 5.74) is 7.77. The SMILES string of the molecule is COC(=O)C(Cc1ccc2c(c1)oc1ccccc12)NC(=O)C1(N)CCCC1. The highest BCUT2D eigenvalue weighted by Crippen LogP contribution is 2.30. The van der Waals surface area contributed by atoms with Crippen LogP contribution in [-0.2, 0) is 20.7 Å². The Labute approximate surface area is 163 Å². The number of hydrogen-bond donors (Lipinski definition) is 2. The number of esters is 1. The van der Waals surface area contributed by atoms with Crippen LogP contribution in [0.25, 0.3) is 21.9 Å². The van der Waals surface area contributed by atoms with E-state index in [1.165, 1.54) is 7.11 Å². The van der Waals surface area contributed by atoms with Gasteiger partial charge in [0.05, 0.1) is 12.6 Å². The molecular formula is C22H24N2O4. The summed E-state index contributed by atoms with van der Waals surface area (Å²) in [7, 11) is 1.32. The van der Waals surface area contributed by atoms with Gasteiger partial charge in [0.2, 0.25) is 5.91 Å². The molecule has 1 aliphatic rings. The summed E-state index contributed by atoms with van der Waals surface area (Å²) >= 11 is 0. The first-order valence-corrected chi connectivity index (χ1v) is 9.58. The zero-order chi connectivity index (χ0) is 19.7. The van der Waals surface area contributed by atoms with Crippen LogP contribution in [0.5, 0.6) is 0 Å². The molecule has 1 unspecified atom stereocenters. The molecule has 3 N–H and O–H groups in total. The maximum absolute atomic E-state index is 12.7. The summed E-state index contributed by atoms with van der Waals surface area (Å²) in [4.78, 5) is 24.9. The first-order chi connectivity index (χ1) is 13.5. The first kappa shape index (κ1) is 18.5. The predicted molar refractivity (Wildman–Crippen MR) is 107 cm³/mol. The Morgan fingerprint density at radius 2 is 1.86 bits per heavy atom. The van der Waals surface area contributed by atoms with Crippen molar-refractivity contribution in [2.45, 2.75) is 43.7 Å². The van der Waals surface area contributed by atoms with Gasteiger partial charge in [-0.2, -0.15) is 0 Å². The van der Waals surface area contributed by atoms with Crippen LogP contribution in [0.2, 0.25) is 0 Å². The molecule has 0 aliphatic heterocycles. The topological polar surface area (TPSA) is 94.6 Å². The largest absolute Gasteiger partial charge is 0.467 e. The predicted octanol–water partition coefficient (Wildman–Crippen LogP) is 3.06. The van der Waals surface area contributed by atoms with Gasteiger partial charge in [-0.1, -0.05) is 43.2 Å². The Bertz CT molecular complexity index is 1030. The second-order valence-electron chi connectivity index (χ2n) is 7.55. The van der Waals surface area contributed by atoms with E-state index in [1.807, 2.05) is 42.5 Å². The molecule has 1 aromatic heterocycles. The minimum absolute atomic E-state index is 0.287. The van der Waals surface area contributed by atoms with Gasteiger partial charge in [-0.25, -0.2) is 4.79 Å². The number of carbonyl (C=O) groups is 2. The van der Waals surface area contributed by atoms with Crippen LogP contribution >= 0.6 is 0 Å². The minimum atomic E-state index is -0.894. The van der Waals surface area contributed by atoms with Crippen molar-refractivity contribution in [2.75, 3.05) is 7.11 Å². The standard InChI is InChI=1S/C22H24N2O4/c1-27-20(25)17(24-21(26)22(23)10-4-5-11-22)12-14-8-9-16-15-6-2-3-7-18(15)28-19(16)13-14/h2-3,6-9,13,17H,4-5,10-12,23H2,1H3,(H,24,26). The molecule has 4 rings (SSSR count). The second kappa shape index (κ2) is 7.28. The zero-order valence-electron chi connectivity index (χ0n) is 15.9. The molecule has 0 radical (unpaired) electrons. The number of amides is 1. The number of carbonyl (C=O) groups excluding carboxylic acids is 2. The Morgan fingerprint density at radius 1 is 1.14 bits per heavy atom. The van der Waals surface area contributed by atoms with Crippen molar-refractivity contribution in [3.05, 3.63) is 48.0 Å². The van der Waals surface area contributed by atoms with E-state index < -0.39 is 17.6 Å². The molecule has 3 aromatic rings. The Hall–Kier alpha value is -2.86. The summed E-state index contributed by atoms with van der Waals surface area (Å²) in [6.07, 6.45) is 3.43. The van der Waals surface area contributed by atoms with E-state index in [9.17, 15) is 9.59 Å². The zero-order valence-corrected chi connectivity index (χ0v) is 15.9. The van der Waals surface area contributed by atoms with Gasteiger partial charge in [0.25, 0.3) is 0 Å². The molecule has 0 bridgehead atoms. The normalized spacial score (nSPS) is 16.9. The van der Waals surface area contributed by atoms with Crippen molar-refractivity contribution < 1.29 is 18.7 Å². The molecule has 1 saturated carbocycles. The van der Waals surface area contributed by atoms with Gasteiger partial charge in [0.15, 0.2) is 0 Å². The molecule has 2 aromatic carbocycles. The number of ether oxygens (including phenoxy) is 1. The fourth-order valence-corrected chi connectivity index (χ4v) is 4.00. The molecular weight excluding hydrogens is 356 g/mol. The molecule has 1 amide bonds. The molecule has 1 fully saturated rings. The fraction of sp³-hybridized carbons (Fsp3) is 0.364. The van der Waals surface area contributed by atoms with Crippen LogP contribution in [0.15, 0.2) is 46.9 Å². The van der Waals surface area contributed by atoms with Gasteiger partial charge >= 0.3 is 5.97 Å². The van der Waals surface area contributed by atoms with Crippen LogP contribution in [-0.4, -0.2) is 30.6 Å². The van der Waals surface area contributed by atoms with Gasteiger partial charge in [0, 0.05) is 17.2 Å². The van der Waals surface area contributed by atoms with Crippen molar-refractivity contribution in [1.29, 1.82) is 0 Å². The number of methoxy groups -OCH3 is 1. The third kappa shape index (κ3) is 3.36. The van der Waals surface area contributed by atoms with Gasteiger partial charge in [0.1, 0.15) is 17.2 Å². The lowest BCUT2D eigenvalue weighted by atomic mass is 9.96. The number of hydrogen-bond acceptors (Lipinski definition) is 5. The third-order valence-electron chi connectivity index (χ3n) is 5.62. The summed E-state index contributed by atoms with van der Waals surface area (Å²) in [6, 6.07) is 12.9. The molecule has 146 valence electrons. The van der Waals surface area contributed by atoms with Crippen molar-refractivity contribution >= 4 is 33.8 Å². The van der Waals surface area contributed by atoms with Crippen molar-refractivity contribution in [3.63, 3.8) is 0 Å². The molecule has 0 saturated heterocycles. The van der Waals surface area contributed by atoms with Crippen molar-refractivity contribution in [2.24, 2.45) is 5.73 Å². The van der Waals surface area contributed by atoms with Crippen LogP contribution in [0.4, 0.5) is 0 Å². The third-order valence-corrected chi connectivity index (χ3v) is 5.62. The maximum atomic E-state index is 12.7. The van der Waals surface area contributed by atoms with Gasteiger partial charge in [-0.15, -0.1) is 0 Å². The number of nitrogens with one attached hydrogen (secondary N) is 1. The maximum Gasteiger partial charge on any atom is 0.328 e. The number of benzene rings is 2. The Morgan fingerprint density at radius 3 is 2.61 bits per heavy atom. The van der Waals surface area contributed by atoms with Crippen molar-refractivity contribution in [1.82, 2.24) is 5.32 Å². The summed E-state index contributed by atoms with van der Waals surface area (Å²) in [5, 5.41) is 4.87. The lowest BCUT2D eigenvalue weighted by Crippen LogP contribution is -2.56. The molecule has 6 nitrogen and oxygen atoms in total. The van der Waals surface area contributed by atoms with Gasteiger partial charge in [-0.3, -0.25) is 4.79 Å². The van der Waals surface area contributed by atoms with E-state index in [0.717, 1.165) is 40.3 Å². The number of rotatable bonds is 5. The monoisotopic (exact) mass is 380 g/mol. The van der Waals surface area contributed by atoms with Crippen LogP contribution < -0.4 is 11.1 Å². The second-order valence-corrected chi connectivity index (χ2v) is 7.55. The van der Waals surface area contributed by atoms with E-state index in [1.54, 1.807) is 0 Å². The van der Waals surface area contributed by atoms with E-state index in [2.05, 4.69) is 5.32 Å². The highest BCUT2D eigenvalue weighted by Gasteiger charge is 2.39. The number of fused-ring (bicyclic) bond motifs is 3. The lowest BCUT2D eigenvalue weighted by molar-refractivity contribution is -0.145. The first-order valence-electron chi connectivity index (χ1n) is 9.58. The quantitative estimate of drug-likeness (QED) is 0.664. The number of para-hydroxylation sites is 1. The van der Waals surface area contributed by atoms with E-state index in [0.29, 0.717) is 19.3 Å². The summed E-state index contributed by atoms with van der Waals surface area (Å²) < 4.78 is 10.8. The minimum Gasteiger partial charge on any atom is -0.467 e. The molecule has 1 atom stereocenters. The van der Waals surface area contributed by atoms with E-state index in [-0.39, 0.29) is 5.91 Å². The molecule has 1 heterocycles. The van der Waals surface area contributed by atoms with Gasteiger partial charge in [-0.05, 0) is 30.5 Å². The highest BCUT2D eigenvalue weighted by molar-refractivity contribution is 6.04. The summed E-state index contributed by atoms with van der Waals surface area (Å²) in [5.74, 6) is -0.773. The van der Waals surface area contributed by atoms with E-state index in [4.69, 9.17) is 14.9 Å². The Balaban J connectivity index is 1.58. The summed E-state index contributed by atoms with van der Waals surface area (Å²) in [6.45, 7) is 0. The highest BCUT2D eigenvalue weighted by atomic mass is 16.5. The van der Waals surface area contributed by atoms with Gasteiger partial charge < -0.3 is 20.2 Å². The van der Waals surface area contributed by atoms with E-state index >= 15 is 0 Å². The van der Waals surface area contributed by atoms with Crippen LogP contribution in [0, 0.1) is 0 Å². The smallest absolute Gasteiger partial charge is 0.328 e. The fourth-order valence-electron chi connectivity index (χ4n) is 4.00. The molecule has 6 heteroatoms. The molecule has 0 spiro atoms. The molecule has 28 heavy (non-hydrogen) atoms. The molecule has 1 aliphatic carbocycles. The Kier molecular flexibility index (Phi) is 4.81.